The predicted octanol–water partition coefficient (Wildman–Crippen LogP) is 5.99. The molecule has 0 spiro atoms. The number of hydrogen-bond donors (Lipinski definition) is 1. The van der Waals surface area contributed by atoms with Gasteiger partial charge < -0.3 is 10.1 Å². The van der Waals surface area contributed by atoms with E-state index in [9.17, 15) is 0 Å². The number of nitrogens with one attached hydrogen (secondary N) is 1. The summed E-state index contributed by atoms with van der Waals surface area (Å²) in [5.41, 5.74) is 8.26. The molecule has 1 N–H and O–H groups in total. The fraction of sp³-hybridized carbons (Fsp3) is 0.240. The first-order valence-electron chi connectivity index (χ1n) is 10.3. The molecule has 0 radical (unpaired) electrons. The van der Waals surface area contributed by atoms with Gasteiger partial charge in [-0.1, -0.05) is 42.1 Å². The van der Waals surface area contributed by atoms with Crippen molar-refractivity contribution in [1.82, 2.24) is 9.55 Å². The summed E-state index contributed by atoms with van der Waals surface area (Å²) in [6.45, 7) is 5.07. The standard InChI is InChI=1S/C25H25N3OS/c1-16-13-18-11-12-20(14-24(18)29-16)26-15-19-7-6-10-22(17(19)2)28-23-9-5-4-8-21(23)27-25(28)30-3/h4-12,14,16,26H,13,15H2,1-3H3. The zero-order chi connectivity index (χ0) is 20.7. The fourth-order valence-electron chi connectivity index (χ4n) is 4.19. The maximum atomic E-state index is 5.91. The lowest BCUT2D eigenvalue weighted by atomic mass is 10.1. The maximum Gasteiger partial charge on any atom is 0.173 e. The molecular weight excluding hydrogens is 390 g/mol. The molecule has 5 rings (SSSR count). The Morgan fingerprint density at radius 2 is 2.00 bits per heavy atom. The monoisotopic (exact) mass is 415 g/mol. The third-order valence-corrected chi connectivity index (χ3v) is 6.40. The second-order valence-electron chi connectivity index (χ2n) is 7.79. The Bertz CT molecular complexity index is 1230. The number of anilines is 1. The molecule has 5 heteroatoms. The van der Waals surface area contributed by atoms with Gasteiger partial charge in [-0.15, -0.1) is 0 Å². The number of hydrogen-bond acceptors (Lipinski definition) is 4. The molecule has 1 aliphatic heterocycles. The first-order chi connectivity index (χ1) is 14.6. The Morgan fingerprint density at radius 3 is 2.87 bits per heavy atom. The number of para-hydroxylation sites is 2. The van der Waals surface area contributed by atoms with Gasteiger partial charge in [-0.05, 0) is 61.1 Å². The Labute approximate surface area is 181 Å². The lowest BCUT2D eigenvalue weighted by Gasteiger charge is -2.16. The Morgan fingerprint density at radius 1 is 1.13 bits per heavy atom. The van der Waals surface area contributed by atoms with E-state index in [0.717, 1.165) is 40.6 Å². The van der Waals surface area contributed by atoms with Gasteiger partial charge in [0.2, 0.25) is 0 Å². The predicted molar refractivity (Wildman–Crippen MR) is 125 cm³/mol. The van der Waals surface area contributed by atoms with Crippen LogP contribution in [0.5, 0.6) is 5.75 Å². The summed E-state index contributed by atoms with van der Waals surface area (Å²) < 4.78 is 8.17. The second kappa shape index (κ2) is 7.73. The zero-order valence-corrected chi connectivity index (χ0v) is 18.3. The zero-order valence-electron chi connectivity index (χ0n) is 17.5. The van der Waals surface area contributed by atoms with Gasteiger partial charge >= 0.3 is 0 Å². The molecule has 1 atom stereocenters. The molecule has 0 saturated carbocycles. The van der Waals surface area contributed by atoms with Crippen LogP contribution in [0.3, 0.4) is 0 Å². The Hall–Kier alpha value is -2.92. The molecule has 0 amide bonds. The van der Waals surface area contributed by atoms with Crippen LogP contribution in [-0.2, 0) is 13.0 Å². The average Bonchev–Trinajstić information content (AvgIpc) is 3.31. The van der Waals surface area contributed by atoms with Gasteiger partial charge in [-0.2, -0.15) is 0 Å². The van der Waals surface area contributed by atoms with Crippen molar-refractivity contribution in [1.29, 1.82) is 0 Å². The van der Waals surface area contributed by atoms with Gasteiger partial charge in [0, 0.05) is 24.7 Å². The lowest BCUT2D eigenvalue weighted by Crippen LogP contribution is -2.06. The summed E-state index contributed by atoms with van der Waals surface area (Å²) in [6, 6.07) is 21.3. The first-order valence-corrected chi connectivity index (χ1v) is 11.5. The molecular formula is C25H25N3OS. The third kappa shape index (κ3) is 3.33. The molecule has 0 bridgehead atoms. The Kier molecular flexibility index (Phi) is 4.91. The van der Waals surface area contributed by atoms with Crippen LogP contribution in [0.25, 0.3) is 16.7 Å². The van der Waals surface area contributed by atoms with Crippen LogP contribution in [0.15, 0.2) is 65.8 Å². The van der Waals surface area contributed by atoms with Crippen LogP contribution in [0.2, 0.25) is 0 Å². The summed E-state index contributed by atoms with van der Waals surface area (Å²) in [6.07, 6.45) is 3.34. The number of benzene rings is 3. The van der Waals surface area contributed by atoms with E-state index in [4.69, 9.17) is 9.72 Å². The van der Waals surface area contributed by atoms with Crippen molar-refractivity contribution in [3.8, 4) is 11.4 Å². The number of aromatic nitrogens is 2. The number of rotatable bonds is 5. The first kappa shape index (κ1) is 19.1. The summed E-state index contributed by atoms with van der Waals surface area (Å²) in [7, 11) is 0. The fourth-order valence-corrected chi connectivity index (χ4v) is 4.75. The summed E-state index contributed by atoms with van der Waals surface area (Å²) >= 11 is 1.67. The number of imidazole rings is 1. The van der Waals surface area contributed by atoms with Crippen LogP contribution in [0.1, 0.15) is 23.6 Å². The van der Waals surface area contributed by atoms with E-state index in [1.807, 2.05) is 6.07 Å². The van der Waals surface area contributed by atoms with E-state index in [-0.39, 0.29) is 6.10 Å². The third-order valence-electron chi connectivity index (χ3n) is 5.76. The van der Waals surface area contributed by atoms with Crippen molar-refractivity contribution in [3.63, 3.8) is 0 Å². The van der Waals surface area contributed by atoms with E-state index in [0.29, 0.717) is 0 Å². The summed E-state index contributed by atoms with van der Waals surface area (Å²) in [4.78, 5) is 4.81. The largest absolute Gasteiger partial charge is 0.490 e. The number of fused-ring (bicyclic) bond motifs is 2. The van der Waals surface area contributed by atoms with E-state index >= 15 is 0 Å². The minimum Gasteiger partial charge on any atom is -0.490 e. The van der Waals surface area contributed by atoms with Crippen molar-refractivity contribution < 1.29 is 4.74 Å². The van der Waals surface area contributed by atoms with Crippen molar-refractivity contribution in [2.75, 3.05) is 11.6 Å². The van der Waals surface area contributed by atoms with Crippen LogP contribution in [-0.4, -0.2) is 21.9 Å². The van der Waals surface area contributed by atoms with Gasteiger partial charge in [0.1, 0.15) is 11.9 Å². The van der Waals surface area contributed by atoms with Crippen LogP contribution < -0.4 is 10.1 Å². The highest BCUT2D eigenvalue weighted by molar-refractivity contribution is 7.98. The van der Waals surface area contributed by atoms with Crippen LogP contribution >= 0.6 is 11.8 Å². The molecule has 4 nitrogen and oxygen atoms in total. The quantitative estimate of drug-likeness (QED) is 0.406. The van der Waals surface area contributed by atoms with Gasteiger partial charge in [0.05, 0.1) is 16.7 Å². The highest BCUT2D eigenvalue weighted by Crippen LogP contribution is 2.32. The van der Waals surface area contributed by atoms with E-state index in [1.54, 1.807) is 11.8 Å². The normalized spacial score (nSPS) is 15.2. The van der Waals surface area contributed by atoms with Crippen molar-refractivity contribution in [3.05, 3.63) is 77.4 Å². The molecule has 30 heavy (non-hydrogen) atoms. The molecule has 0 aliphatic carbocycles. The van der Waals surface area contributed by atoms with Gasteiger partial charge in [0.15, 0.2) is 5.16 Å². The van der Waals surface area contributed by atoms with E-state index in [1.165, 1.54) is 22.4 Å². The number of thioether (sulfide) groups is 1. The molecule has 0 saturated heterocycles. The number of ether oxygens (including phenoxy) is 1. The van der Waals surface area contributed by atoms with E-state index in [2.05, 4.69) is 84.6 Å². The summed E-state index contributed by atoms with van der Waals surface area (Å²) in [5, 5.41) is 4.58. The van der Waals surface area contributed by atoms with Crippen LogP contribution in [0.4, 0.5) is 5.69 Å². The average molecular weight is 416 g/mol. The lowest BCUT2D eigenvalue weighted by molar-refractivity contribution is 0.255. The minimum absolute atomic E-state index is 0.268. The topological polar surface area (TPSA) is 39.1 Å². The van der Waals surface area contributed by atoms with Gasteiger partial charge in [-0.3, -0.25) is 4.57 Å². The van der Waals surface area contributed by atoms with Gasteiger partial charge in [-0.25, -0.2) is 4.98 Å². The SMILES string of the molecule is CSc1nc2ccccc2n1-c1cccc(CNc2ccc3c(c2)OC(C)C3)c1C. The molecule has 1 unspecified atom stereocenters. The molecule has 1 aromatic heterocycles. The number of nitrogens with zero attached hydrogens (tertiary/aromatic N) is 2. The molecule has 3 aromatic carbocycles. The van der Waals surface area contributed by atoms with Gasteiger partial charge in [0.25, 0.3) is 0 Å². The van der Waals surface area contributed by atoms with Crippen molar-refractivity contribution >= 4 is 28.5 Å². The van der Waals surface area contributed by atoms with Crippen LogP contribution in [0, 0.1) is 6.92 Å². The molecule has 1 aliphatic rings. The van der Waals surface area contributed by atoms with E-state index < -0.39 is 0 Å². The maximum absolute atomic E-state index is 5.91. The van der Waals surface area contributed by atoms with Crippen molar-refractivity contribution in [2.45, 2.75) is 38.1 Å². The molecule has 4 aromatic rings. The smallest absolute Gasteiger partial charge is 0.173 e. The molecule has 152 valence electrons. The second-order valence-corrected chi connectivity index (χ2v) is 8.57. The highest BCUT2D eigenvalue weighted by Gasteiger charge is 2.19. The van der Waals surface area contributed by atoms with Crippen molar-refractivity contribution in [2.24, 2.45) is 0 Å². The molecule has 0 fully saturated rings. The minimum atomic E-state index is 0.268. The summed E-state index contributed by atoms with van der Waals surface area (Å²) in [5.74, 6) is 1.01. The Balaban J connectivity index is 1.46. The molecule has 2 heterocycles. The highest BCUT2D eigenvalue weighted by atomic mass is 32.2.